The van der Waals surface area contributed by atoms with Gasteiger partial charge in [-0.2, -0.15) is 0 Å². The van der Waals surface area contributed by atoms with E-state index in [9.17, 15) is 14.4 Å². The number of amides is 1. The van der Waals surface area contributed by atoms with Crippen LogP contribution in [0, 0.1) is 0 Å². The Morgan fingerprint density at radius 1 is 0.492 bits per heavy atom. The predicted molar refractivity (Wildman–Crippen MR) is 257 cm³/mol. The number of nitrogens with zero attached hydrogens (tertiary/aromatic N) is 2. The number of rotatable bonds is 44. The second-order valence-corrected chi connectivity index (χ2v) is 16.8. The van der Waals surface area contributed by atoms with Crippen molar-refractivity contribution in [3.8, 4) is 0 Å². The van der Waals surface area contributed by atoms with Gasteiger partial charge in [-0.25, -0.2) is 0 Å². The van der Waals surface area contributed by atoms with Gasteiger partial charge < -0.3 is 33.3 Å². The first kappa shape index (κ1) is 58.2. The normalized spacial score (nSPS) is 15.8. The molecule has 1 rings (SSSR count). The Balaban J connectivity index is 2.47. The number of hydrogen-bond donors (Lipinski definition) is 0. The molecule has 1 heterocycles. The van der Waals surface area contributed by atoms with Crippen molar-refractivity contribution >= 4 is 17.8 Å². The number of likely N-dealkylation sites (tertiary alicyclic amines) is 1. The van der Waals surface area contributed by atoms with Gasteiger partial charge >= 0.3 is 11.9 Å². The largest absolute Gasteiger partial charge is 0.464 e. The van der Waals surface area contributed by atoms with Crippen molar-refractivity contribution in [2.45, 2.75) is 180 Å². The van der Waals surface area contributed by atoms with Gasteiger partial charge in [-0.05, 0) is 77.0 Å². The summed E-state index contributed by atoms with van der Waals surface area (Å²) in [6.45, 7) is 8.12. The lowest BCUT2D eigenvalue weighted by atomic mass is 10.1. The molecule has 1 fully saturated rings. The van der Waals surface area contributed by atoms with Gasteiger partial charge in [0.15, 0.2) is 0 Å². The summed E-state index contributed by atoms with van der Waals surface area (Å²) in [6, 6.07) is 0. The number of methoxy groups -OCH3 is 2. The fourth-order valence-corrected chi connectivity index (χ4v) is 7.33. The number of hydrogen-bond acceptors (Lipinski definition) is 10. The van der Waals surface area contributed by atoms with Crippen LogP contribution in [0.5, 0.6) is 0 Å². The van der Waals surface area contributed by atoms with Gasteiger partial charge in [-0.15, -0.1) is 0 Å². The number of ether oxygens (including phenoxy) is 6. The quantitative estimate of drug-likeness (QED) is 0.0333. The molecule has 0 spiro atoms. The van der Waals surface area contributed by atoms with Crippen LogP contribution in [-0.4, -0.2) is 126 Å². The van der Waals surface area contributed by atoms with Gasteiger partial charge in [0.05, 0.1) is 58.3 Å². The smallest absolute Gasteiger partial charge is 0.305 e. The van der Waals surface area contributed by atoms with Gasteiger partial charge in [0.2, 0.25) is 5.91 Å². The molecule has 0 saturated carbocycles. The van der Waals surface area contributed by atoms with Crippen LogP contribution in [0.3, 0.4) is 0 Å². The van der Waals surface area contributed by atoms with E-state index >= 15 is 0 Å². The number of unbranched alkanes of at least 4 members (excludes halogenated alkanes) is 16. The highest BCUT2D eigenvalue weighted by Crippen LogP contribution is 2.18. The van der Waals surface area contributed by atoms with E-state index in [1.165, 1.54) is 51.4 Å². The molecule has 11 nitrogen and oxygen atoms in total. The maximum atomic E-state index is 13.7. The minimum absolute atomic E-state index is 0.0935. The topological polar surface area (TPSA) is 113 Å². The minimum atomic E-state index is -0.247. The van der Waals surface area contributed by atoms with Crippen LogP contribution in [0.15, 0.2) is 48.6 Å². The fourth-order valence-electron chi connectivity index (χ4n) is 7.33. The van der Waals surface area contributed by atoms with Crippen LogP contribution in [0.1, 0.15) is 168 Å². The van der Waals surface area contributed by atoms with Crippen molar-refractivity contribution in [2.24, 2.45) is 0 Å². The maximum absolute atomic E-state index is 13.7. The van der Waals surface area contributed by atoms with E-state index in [2.05, 4.69) is 62.5 Å². The summed E-state index contributed by atoms with van der Waals surface area (Å²) in [6.07, 6.45) is 43.2. The third kappa shape index (κ3) is 36.1. The summed E-state index contributed by atoms with van der Waals surface area (Å²) in [4.78, 5) is 42.6. The van der Waals surface area contributed by atoms with Crippen LogP contribution < -0.4 is 0 Å². The first-order valence-corrected chi connectivity index (χ1v) is 25.1. The van der Waals surface area contributed by atoms with Crippen molar-refractivity contribution in [2.75, 3.05) is 86.6 Å². The molecule has 0 aliphatic carbocycles. The summed E-state index contributed by atoms with van der Waals surface area (Å²) in [5.41, 5.74) is 0. The zero-order valence-corrected chi connectivity index (χ0v) is 40.6. The third-order valence-electron chi connectivity index (χ3n) is 11.2. The summed E-state index contributed by atoms with van der Waals surface area (Å²) >= 11 is 0. The molecule has 364 valence electrons. The lowest BCUT2D eigenvalue weighted by molar-refractivity contribution is -0.148. The lowest BCUT2D eigenvalue weighted by Crippen LogP contribution is -2.43. The predicted octanol–water partition coefficient (Wildman–Crippen LogP) is 10.9. The molecule has 11 heteroatoms. The van der Waals surface area contributed by atoms with Crippen molar-refractivity contribution in [1.82, 2.24) is 9.80 Å². The second-order valence-electron chi connectivity index (χ2n) is 16.8. The molecule has 0 aromatic rings. The molecule has 1 amide bonds. The molecule has 0 aromatic heterocycles. The van der Waals surface area contributed by atoms with Gasteiger partial charge in [-0.3, -0.25) is 19.3 Å². The summed E-state index contributed by atoms with van der Waals surface area (Å²) in [5.74, 6) is -0.621. The Kier molecular flexibility index (Phi) is 41.0. The van der Waals surface area contributed by atoms with E-state index in [-0.39, 0.29) is 62.9 Å². The Labute approximate surface area is 384 Å². The van der Waals surface area contributed by atoms with Crippen molar-refractivity contribution in [3.63, 3.8) is 0 Å². The SMILES string of the molecule is CCCCC/C=C\C/C=C\CCCCCCCC(=O)OCCN(CCOC(=O)CCCCCCC/C=C\C/C=C\CCCCC)C(=O)CN1CC(OCCOC)[C@@H](OCCOC)C1. The molecule has 1 aliphatic heterocycles. The Bertz CT molecular complexity index is 1120. The first-order valence-electron chi connectivity index (χ1n) is 25.1. The standard InChI is InChI=1S/C52H92N2O9/c1-5-7-9-11-13-15-17-19-21-23-25-27-29-31-33-35-51(56)62-39-37-54(50(55)47-53-45-48(60-43-41-58-3)49(46-53)61-44-42-59-4)38-40-63-52(57)36-34-32-30-28-26-24-22-20-18-16-14-12-10-8-6-2/h13-16,19-22,48-49H,5-12,17-18,23-47H2,1-4H3/b15-13-,16-14-,21-19-,22-20-/t48-,49?/m0/s1. The van der Waals surface area contributed by atoms with Crippen molar-refractivity contribution < 1.29 is 42.8 Å². The molecule has 2 atom stereocenters. The zero-order chi connectivity index (χ0) is 45.7. The van der Waals surface area contributed by atoms with Crippen LogP contribution >= 0.6 is 0 Å². The maximum Gasteiger partial charge on any atom is 0.305 e. The molecule has 1 unspecified atom stereocenters. The van der Waals surface area contributed by atoms with Gasteiger partial charge in [0.25, 0.3) is 0 Å². The molecule has 0 radical (unpaired) electrons. The fraction of sp³-hybridized carbons (Fsp3) is 0.788. The molecule has 1 saturated heterocycles. The summed E-state index contributed by atoms with van der Waals surface area (Å²) in [5, 5.41) is 0. The number of carbonyl (C=O) groups excluding carboxylic acids is 3. The molecular weight excluding hydrogens is 797 g/mol. The highest BCUT2D eigenvalue weighted by molar-refractivity contribution is 5.78. The van der Waals surface area contributed by atoms with Crippen LogP contribution in [0.2, 0.25) is 0 Å². The van der Waals surface area contributed by atoms with Gasteiger partial charge in [-0.1, -0.05) is 127 Å². The van der Waals surface area contributed by atoms with E-state index in [1.807, 2.05) is 4.90 Å². The molecule has 1 aliphatic rings. The second kappa shape index (κ2) is 44.4. The van der Waals surface area contributed by atoms with Crippen LogP contribution in [0.4, 0.5) is 0 Å². The van der Waals surface area contributed by atoms with Crippen LogP contribution in [0.25, 0.3) is 0 Å². The molecule has 63 heavy (non-hydrogen) atoms. The van der Waals surface area contributed by atoms with E-state index in [0.717, 1.165) is 89.9 Å². The monoisotopic (exact) mass is 889 g/mol. The first-order chi connectivity index (χ1) is 30.9. The van der Waals surface area contributed by atoms with E-state index in [1.54, 1.807) is 19.1 Å². The van der Waals surface area contributed by atoms with E-state index in [4.69, 9.17) is 28.4 Å². The van der Waals surface area contributed by atoms with Crippen molar-refractivity contribution in [3.05, 3.63) is 48.6 Å². The summed E-state index contributed by atoms with van der Waals surface area (Å²) < 4.78 is 33.6. The Morgan fingerprint density at radius 2 is 0.873 bits per heavy atom. The number of carbonyl (C=O) groups is 3. The average molecular weight is 889 g/mol. The highest BCUT2D eigenvalue weighted by atomic mass is 16.6. The van der Waals surface area contributed by atoms with Gasteiger partial charge in [0, 0.05) is 40.2 Å². The van der Waals surface area contributed by atoms with E-state index < -0.39 is 0 Å². The Morgan fingerprint density at radius 3 is 1.27 bits per heavy atom. The highest BCUT2D eigenvalue weighted by Gasteiger charge is 2.35. The minimum Gasteiger partial charge on any atom is -0.464 e. The third-order valence-corrected chi connectivity index (χ3v) is 11.2. The number of esters is 2. The average Bonchev–Trinajstić information content (AvgIpc) is 3.66. The molecule has 0 aromatic carbocycles. The van der Waals surface area contributed by atoms with Crippen LogP contribution in [-0.2, 0) is 42.8 Å². The lowest BCUT2D eigenvalue weighted by Gasteiger charge is -2.25. The van der Waals surface area contributed by atoms with Crippen molar-refractivity contribution in [1.29, 1.82) is 0 Å². The van der Waals surface area contributed by atoms with E-state index in [0.29, 0.717) is 52.4 Å². The Hall–Kier alpha value is -2.83. The molecular formula is C52H92N2O9. The van der Waals surface area contributed by atoms with Gasteiger partial charge in [0.1, 0.15) is 13.2 Å². The molecule has 0 bridgehead atoms. The number of allylic oxidation sites excluding steroid dienone is 8. The molecule has 0 N–H and O–H groups in total. The zero-order valence-electron chi connectivity index (χ0n) is 40.6. The summed E-state index contributed by atoms with van der Waals surface area (Å²) in [7, 11) is 3.27.